The number of hydrogen-bond acceptors (Lipinski definition) is 4. The maximum absolute atomic E-state index is 10.6. The number of rotatable bonds is 2. The van der Waals surface area contributed by atoms with Crippen molar-refractivity contribution in [1.29, 1.82) is 0 Å². The molecule has 0 aliphatic carbocycles. The second kappa shape index (κ2) is 3.19. The SMILES string of the molecule is C[n+]1cnc(N)c2ncn(CC(=O)O)c21. The first-order valence-corrected chi connectivity index (χ1v) is 4.26. The molecule has 0 bridgehead atoms. The van der Waals surface area contributed by atoms with Crippen LogP contribution in [0.2, 0.25) is 0 Å². The van der Waals surface area contributed by atoms with Crippen LogP contribution in [-0.2, 0) is 18.4 Å². The Morgan fingerprint density at radius 3 is 3.07 bits per heavy atom. The first-order valence-electron chi connectivity index (χ1n) is 4.26. The zero-order valence-electron chi connectivity index (χ0n) is 8.08. The molecule has 0 atom stereocenters. The van der Waals surface area contributed by atoms with Gasteiger partial charge in [0.05, 0.1) is 7.05 Å². The largest absolute Gasteiger partial charge is 0.479 e. The molecule has 0 aliphatic rings. The predicted molar refractivity (Wildman–Crippen MR) is 50.8 cm³/mol. The van der Waals surface area contributed by atoms with E-state index in [-0.39, 0.29) is 6.54 Å². The second-order valence-electron chi connectivity index (χ2n) is 3.18. The fourth-order valence-corrected chi connectivity index (χ4v) is 1.45. The Bertz CT molecular complexity index is 533. The topological polar surface area (TPSA) is 97.9 Å². The number of anilines is 1. The summed E-state index contributed by atoms with van der Waals surface area (Å²) in [6.45, 7) is -0.145. The number of fused-ring (bicyclic) bond motifs is 1. The summed E-state index contributed by atoms with van der Waals surface area (Å²) in [5.74, 6) is -0.628. The van der Waals surface area contributed by atoms with Crippen molar-refractivity contribution in [2.75, 3.05) is 5.73 Å². The molecule has 0 aromatic carbocycles. The van der Waals surface area contributed by atoms with Crippen LogP contribution in [0, 0.1) is 0 Å². The number of aliphatic carboxylic acids is 1. The van der Waals surface area contributed by atoms with E-state index < -0.39 is 5.97 Å². The van der Waals surface area contributed by atoms with Gasteiger partial charge in [-0.2, -0.15) is 0 Å². The van der Waals surface area contributed by atoms with Crippen molar-refractivity contribution in [2.24, 2.45) is 7.05 Å². The Hall–Kier alpha value is -2.18. The molecule has 7 heteroatoms. The number of nitrogens with zero attached hydrogens (tertiary/aromatic N) is 4. The van der Waals surface area contributed by atoms with Crippen LogP contribution in [0.4, 0.5) is 5.82 Å². The first kappa shape index (κ1) is 9.38. The Morgan fingerprint density at radius 1 is 1.67 bits per heavy atom. The molecule has 0 saturated carbocycles. The van der Waals surface area contributed by atoms with Crippen LogP contribution in [0.1, 0.15) is 0 Å². The van der Waals surface area contributed by atoms with E-state index in [1.54, 1.807) is 11.6 Å². The number of aromatic nitrogens is 4. The molecular formula is C8H10N5O2+. The number of aryl methyl sites for hydroxylation is 1. The molecule has 15 heavy (non-hydrogen) atoms. The summed E-state index contributed by atoms with van der Waals surface area (Å²) < 4.78 is 3.19. The summed E-state index contributed by atoms with van der Waals surface area (Å²) >= 11 is 0. The maximum Gasteiger partial charge on any atom is 0.338 e. The molecule has 0 fully saturated rings. The molecule has 78 valence electrons. The molecule has 2 aromatic heterocycles. The van der Waals surface area contributed by atoms with Gasteiger partial charge in [-0.3, -0.25) is 0 Å². The van der Waals surface area contributed by atoms with Gasteiger partial charge in [0.25, 0.3) is 5.65 Å². The van der Waals surface area contributed by atoms with Crippen LogP contribution in [0.15, 0.2) is 12.7 Å². The maximum atomic E-state index is 10.6. The van der Waals surface area contributed by atoms with Crippen molar-refractivity contribution in [1.82, 2.24) is 14.5 Å². The summed E-state index contributed by atoms with van der Waals surface area (Å²) in [5, 5.41) is 8.70. The Labute approximate surface area is 84.8 Å². The third-order valence-corrected chi connectivity index (χ3v) is 2.06. The molecule has 0 saturated heterocycles. The lowest BCUT2D eigenvalue weighted by Crippen LogP contribution is -2.32. The monoisotopic (exact) mass is 208 g/mol. The number of hydrogen-bond donors (Lipinski definition) is 2. The van der Waals surface area contributed by atoms with Gasteiger partial charge in [0.1, 0.15) is 0 Å². The van der Waals surface area contributed by atoms with Crippen molar-refractivity contribution in [2.45, 2.75) is 6.54 Å². The van der Waals surface area contributed by atoms with Gasteiger partial charge in [-0.05, 0) is 0 Å². The third kappa shape index (κ3) is 1.47. The Kier molecular flexibility index (Phi) is 2.00. The van der Waals surface area contributed by atoms with Gasteiger partial charge >= 0.3 is 5.97 Å². The number of imidazole rings is 1. The molecule has 2 heterocycles. The lowest BCUT2D eigenvalue weighted by atomic mass is 10.5. The molecule has 0 amide bonds. The van der Waals surface area contributed by atoms with Crippen LogP contribution in [0.3, 0.4) is 0 Å². The van der Waals surface area contributed by atoms with Gasteiger partial charge in [-0.15, -0.1) is 0 Å². The van der Waals surface area contributed by atoms with E-state index in [2.05, 4.69) is 9.97 Å². The van der Waals surface area contributed by atoms with Gasteiger partial charge in [0.2, 0.25) is 12.1 Å². The molecular weight excluding hydrogens is 198 g/mol. The summed E-state index contributed by atoms with van der Waals surface area (Å²) in [7, 11) is 1.76. The van der Waals surface area contributed by atoms with Gasteiger partial charge < -0.3 is 10.8 Å². The Morgan fingerprint density at radius 2 is 2.40 bits per heavy atom. The van der Waals surface area contributed by atoms with Crippen molar-refractivity contribution >= 4 is 23.0 Å². The molecule has 3 N–H and O–H groups in total. The fourth-order valence-electron chi connectivity index (χ4n) is 1.45. The lowest BCUT2D eigenvalue weighted by Gasteiger charge is -1.98. The number of carbonyl (C=O) groups is 1. The zero-order valence-corrected chi connectivity index (χ0v) is 8.08. The summed E-state index contributed by atoms with van der Waals surface area (Å²) in [6.07, 6.45) is 2.97. The van der Waals surface area contributed by atoms with Crippen LogP contribution in [0.25, 0.3) is 11.2 Å². The second-order valence-corrected chi connectivity index (χ2v) is 3.18. The van der Waals surface area contributed by atoms with Crippen molar-refractivity contribution < 1.29 is 14.5 Å². The van der Waals surface area contributed by atoms with Crippen LogP contribution >= 0.6 is 0 Å². The van der Waals surface area contributed by atoms with E-state index >= 15 is 0 Å². The van der Waals surface area contributed by atoms with E-state index in [0.717, 1.165) is 0 Å². The minimum atomic E-state index is -0.926. The minimum absolute atomic E-state index is 0.145. The molecule has 0 radical (unpaired) electrons. The average molecular weight is 208 g/mol. The van der Waals surface area contributed by atoms with Crippen molar-refractivity contribution in [3.8, 4) is 0 Å². The highest BCUT2D eigenvalue weighted by atomic mass is 16.4. The Balaban J connectivity index is 2.67. The molecule has 0 aliphatic heterocycles. The standard InChI is InChI=1S/C8H9N5O2/c1-12-3-11-7(9)6-8(12)13(4-10-6)2-5(14)15/h3-4,9H,2H2,1H3,(H,14,15)/p+1. The van der Waals surface area contributed by atoms with Gasteiger partial charge in [-0.25, -0.2) is 18.9 Å². The lowest BCUT2D eigenvalue weighted by molar-refractivity contribution is -0.650. The van der Waals surface area contributed by atoms with Gasteiger partial charge in [0, 0.05) is 0 Å². The summed E-state index contributed by atoms with van der Waals surface area (Å²) in [6, 6.07) is 0. The third-order valence-electron chi connectivity index (χ3n) is 2.06. The van der Waals surface area contributed by atoms with Crippen LogP contribution in [-0.4, -0.2) is 25.6 Å². The average Bonchev–Trinajstić information content (AvgIpc) is 2.56. The number of nitrogen functional groups attached to an aromatic ring is 1. The quantitative estimate of drug-likeness (QED) is 0.612. The van der Waals surface area contributed by atoms with E-state index in [4.69, 9.17) is 10.8 Å². The highest BCUT2D eigenvalue weighted by molar-refractivity contribution is 5.80. The molecule has 0 spiro atoms. The molecule has 0 unspecified atom stereocenters. The smallest absolute Gasteiger partial charge is 0.338 e. The normalized spacial score (nSPS) is 10.7. The molecule has 2 aromatic rings. The van der Waals surface area contributed by atoms with E-state index in [1.165, 1.54) is 17.2 Å². The molecule has 2 rings (SSSR count). The van der Waals surface area contributed by atoms with Crippen molar-refractivity contribution in [3.63, 3.8) is 0 Å². The summed E-state index contributed by atoms with van der Waals surface area (Å²) in [5.41, 5.74) is 6.78. The first-order chi connectivity index (χ1) is 7.09. The van der Waals surface area contributed by atoms with Gasteiger partial charge in [-0.1, -0.05) is 4.98 Å². The summed E-state index contributed by atoms with van der Waals surface area (Å²) in [4.78, 5) is 18.5. The van der Waals surface area contributed by atoms with E-state index in [9.17, 15) is 4.79 Å². The van der Waals surface area contributed by atoms with Crippen molar-refractivity contribution in [3.05, 3.63) is 12.7 Å². The van der Waals surface area contributed by atoms with Crippen LogP contribution < -0.4 is 10.3 Å². The number of carboxylic acid groups (broad SMARTS) is 1. The van der Waals surface area contributed by atoms with Crippen LogP contribution in [0.5, 0.6) is 0 Å². The fraction of sp³-hybridized carbons (Fsp3) is 0.250. The van der Waals surface area contributed by atoms with E-state index in [0.29, 0.717) is 17.0 Å². The predicted octanol–water partition coefficient (Wildman–Crippen LogP) is -1.08. The number of carboxylic acids is 1. The van der Waals surface area contributed by atoms with Gasteiger partial charge in [0.15, 0.2) is 18.4 Å². The molecule has 7 nitrogen and oxygen atoms in total. The highest BCUT2D eigenvalue weighted by Crippen LogP contribution is 2.12. The minimum Gasteiger partial charge on any atom is -0.479 e. The zero-order chi connectivity index (χ0) is 11.0. The van der Waals surface area contributed by atoms with E-state index in [1.807, 2.05) is 0 Å². The highest BCUT2D eigenvalue weighted by Gasteiger charge is 2.17. The number of nitrogens with two attached hydrogens (primary N) is 1.